The number of amides is 2. The molecule has 0 aliphatic carbocycles. The molecule has 0 saturated carbocycles. The second kappa shape index (κ2) is 5.25. The molecule has 2 aliphatic heterocycles. The van der Waals surface area contributed by atoms with Crippen LogP contribution in [0, 0.1) is 0 Å². The molecular formula is C14H17N3O4. The number of hydrogen-bond donors (Lipinski definition) is 3. The Hall–Kier alpha value is -2.28. The third kappa shape index (κ3) is 2.52. The molecule has 3 N–H and O–H groups in total. The number of aliphatic hydroxyl groups excluding tert-OH is 1. The number of fused-ring (bicyclic) bond motifs is 3. The fourth-order valence-electron chi connectivity index (χ4n) is 2.96. The number of hydrogen-bond acceptors (Lipinski definition) is 4. The van der Waals surface area contributed by atoms with Crippen molar-refractivity contribution < 1.29 is 19.8 Å². The molecule has 1 atom stereocenters. The first kappa shape index (κ1) is 13.7. The lowest BCUT2D eigenvalue weighted by Gasteiger charge is -2.40. The summed E-state index contributed by atoms with van der Waals surface area (Å²) in [5.41, 5.74) is 2.33. The lowest BCUT2D eigenvalue weighted by atomic mass is 10.1. The zero-order chi connectivity index (χ0) is 15.0. The van der Waals surface area contributed by atoms with Crippen molar-refractivity contribution in [3.05, 3.63) is 23.8 Å². The molecule has 112 valence electrons. The Kier molecular flexibility index (Phi) is 3.42. The predicted molar refractivity (Wildman–Crippen MR) is 76.3 cm³/mol. The van der Waals surface area contributed by atoms with Crippen LogP contribution in [0.1, 0.15) is 12.0 Å². The number of piperazine rings is 1. The van der Waals surface area contributed by atoms with Gasteiger partial charge in [0.15, 0.2) is 0 Å². The molecule has 21 heavy (non-hydrogen) atoms. The van der Waals surface area contributed by atoms with Gasteiger partial charge in [-0.1, -0.05) is 6.07 Å². The highest BCUT2D eigenvalue weighted by Gasteiger charge is 2.34. The van der Waals surface area contributed by atoms with Crippen LogP contribution in [0.25, 0.3) is 0 Å². The second-order valence-corrected chi connectivity index (χ2v) is 5.34. The van der Waals surface area contributed by atoms with Crippen molar-refractivity contribution in [1.29, 1.82) is 0 Å². The molecule has 1 saturated heterocycles. The summed E-state index contributed by atoms with van der Waals surface area (Å²) < 4.78 is 0. The fraction of sp³-hybridized carbons (Fsp3) is 0.429. The first-order chi connectivity index (χ1) is 10.1. The number of carboxylic acid groups (broad SMARTS) is 1. The van der Waals surface area contributed by atoms with Crippen LogP contribution in [-0.4, -0.2) is 52.8 Å². The van der Waals surface area contributed by atoms with Crippen molar-refractivity contribution in [2.24, 2.45) is 0 Å². The highest BCUT2D eigenvalue weighted by molar-refractivity contribution is 5.97. The molecule has 2 heterocycles. The highest BCUT2D eigenvalue weighted by Crippen LogP contribution is 2.34. The van der Waals surface area contributed by atoms with E-state index in [0.29, 0.717) is 25.3 Å². The summed E-state index contributed by atoms with van der Waals surface area (Å²) in [7, 11) is 0. The maximum Gasteiger partial charge on any atom is 0.407 e. The van der Waals surface area contributed by atoms with Gasteiger partial charge in [-0.2, -0.15) is 0 Å². The van der Waals surface area contributed by atoms with E-state index >= 15 is 0 Å². The second-order valence-electron chi connectivity index (χ2n) is 5.34. The van der Waals surface area contributed by atoms with Gasteiger partial charge in [0.05, 0.1) is 24.0 Å². The van der Waals surface area contributed by atoms with Gasteiger partial charge in [0, 0.05) is 26.1 Å². The number of carbonyl (C=O) groups is 2. The third-order valence-corrected chi connectivity index (χ3v) is 4.00. The zero-order valence-corrected chi connectivity index (χ0v) is 11.5. The summed E-state index contributed by atoms with van der Waals surface area (Å²) in [6, 6.07) is 5.23. The number of rotatable bonds is 1. The van der Waals surface area contributed by atoms with Crippen LogP contribution in [0.15, 0.2) is 18.2 Å². The summed E-state index contributed by atoms with van der Waals surface area (Å²) in [5.74, 6) is -0.118. The van der Waals surface area contributed by atoms with Gasteiger partial charge in [-0.05, 0) is 17.7 Å². The quantitative estimate of drug-likeness (QED) is 0.708. The molecule has 0 bridgehead atoms. The van der Waals surface area contributed by atoms with Crippen LogP contribution < -0.4 is 10.2 Å². The molecule has 3 rings (SSSR count). The van der Waals surface area contributed by atoms with Crippen molar-refractivity contribution in [3.63, 3.8) is 0 Å². The molecule has 1 fully saturated rings. The molecule has 2 amide bonds. The first-order valence-electron chi connectivity index (χ1n) is 6.86. The van der Waals surface area contributed by atoms with E-state index in [1.807, 2.05) is 6.07 Å². The van der Waals surface area contributed by atoms with Crippen LogP contribution in [0.4, 0.5) is 16.2 Å². The third-order valence-electron chi connectivity index (χ3n) is 4.00. The van der Waals surface area contributed by atoms with E-state index in [9.17, 15) is 14.7 Å². The van der Waals surface area contributed by atoms with Crippen LogP contribution in [0.2, 0.25) is 0 Å². The molecule has 1 unspecified atom stereocenters. The Morgan fingerprint density at radius 2 is 2.19 bits per heavy atom. The number of carbonyl (C=O) groups excluding carboxylic acids is 1. The van der Waals surface area contributed by atoms with Crippen LogP contribution in [0.3, 0.4) is 0 Å². The Balaban J connectivity index is 1.96. The molecule has 7 nitrogen and oxygen atoms in total. The van der Waals surface area contributed by atoms with Gasteiger partial charge in [-0.15, -0.1) is 0 Å². The van der Waals surface area contributed by atoms with Crippen LogP contribution in [0.5, 0.6) is 0 Å². The summed E-state index contributed by atoms with van der Waals surface area (Å²) in [6.07, 6.45) is -0.698. The summed E-state index contributed by atoms with van der Waals surface area (Å²) in [6.45, 7) is 1.18. The smallest absolute Gasteiger partial charge is 0.407 e. The first-order valence-corrected chi connectivity index (χ1v) is 6.86. The minimum Gasteiger partial charge on any atom is -0.465 e. The lowest BCUT2D eigenvalue weighted by Crippen LogP contribution is -2.54. The maximum absolute atomic E-state index is 12.0. The summed E-state index contributed by atoms with van der Waals surface area (Å²) in [4.78, 5) is 26.5. The van der Waals surface area contributed by atoms with E-state index in [1.54, 1.807) is 12.1 Å². The number of aliphatic hydroxyl groups is 1. The molecule has 1 aromatic carbocycles. The van der Waals surface area contributed by atoms with Crippen molar-refractivity contribution in [3.8, 4) is 0 Å². The van der Waals surface area contributed by atoms with Crippen molar-refractivity contribution in [1.82, 2.24) is 4.90 Å². The fourth-order valence-corrected chi connectivity index (χ4v) is 2.96. The largest absolute Gasteiger partial charge is 0.465 e. The van der Waals surface area contributed by atoms with Gasteiger partial charge in [-0.25, -0.2) is 4.79 Å². The Morgan fingerprint density at radius 3 is 2.90 bits per heavy atom. The van der Waals surface area contributed by atoms with Gasteiger partial charge in [0.25, 0.3) is 0 Å². The molecule has 0 spiro atoms. The molecule has 2 aliphatic rings. The Morgan fingerprint density at radius 1 is 1.38 bits per heavy atom. The number of nitrogens with one attached hydrogen (secondary N) is 1. The Bertz CT molecular complexity index is 590. The zero-order valence-electron chi connectivity index (χ0n) is 11.5. The lowest BCUT2D eigenvalue weighted by molar-refractivity contribution is -0.116. The van der Waals surface area contributed by atoms with E-state index in [2.05, 4.69) is 10.2 Å². The van der Waals surface area contributed by atoms with E-state index in [-0.39, 0.29) is 25.0 Å². The van der Waals surface area contributed by atoms with Gasteiger partial charge >= 0.3 is 6.09 Å². The van der Waals surface area contributed by atoms with E-state index in [1.165, 1.54) is 4.90 Å². The predicted octanol–water partition coefficient (Wildman–Crippen LogP) is 0.690. The van der Waals surface area contributed by atoms with E-state index in [0.717, 1.165) is 11.3 Å². The van der Waals surface area contributed by atoms with Crippen molar-refractivity contribution >= 4 is 23.4 Å². The average molecular weight is 291 g/mol. The van der Waals surface area contributed by atoms with Gasteiger partial charge in [0.2, 0.25) is 5.91 Å². The monoisotopic (exact) mass is 291 g/mol. The highest BCUT2D eigenvalue weighted by atomic mass is 16.4. The molecule has 1 aromatic rings. The van der Waals surface area contributed by atoms with Gasteiger partial charge < -0.3 is 25.3 Å². The molecule has 0 aromatic heterocycles. The molecule has 0 radical (unpaired) electrons. The number of anilines is 2. The standard InChI is InChI=1S/C14H17N3O4/c18-8-9-1-2-11-12(5-9)17-4-3-16(14(20)21)7-10(17)6-13(19)15-11/h1-2,5,10,18H,3-4,6-8H2,(H,15,19)(H,20,21). The minimum absolute atomic E-state index is 0.0685. The SMILES string of the molecule is O=C1CC2CN(C(=O)O)CCN2c2cc(CO)ccc2N1. The minimum atomic E-state index is -0.955. The average Bonchev–Trinajstić information content (AvgIpc) is 2.60. The van der Waals surface area contributed by atoms with Gasteiger partial charge in [0.1, 0.15) is 0 Å². The number of nitrogens with zero attached hydrogens (tertiary/aromatic N) is 2. The van der Waals surface area contributed by atoms with Crippen LogP contribution >= 0.6 is 0 Å². The topological polar surface area (TPSA) is 93.1 Å². The normalized spacial score (nSPS) is 21.2. The van der Waals surface area contributed by atoms with Gasteiger partial charge in [-0.3, -0.25) is 4.79 Å². The summed E-state index contributed by atoms with van der Waals surface area (Å²) in [5, 5.41) is 21.2. The van der Waals surface area contributed by atoms with Crippen molar-refractivity contribution in [2.75, 3.05) is 29.9 Å². The Labute approximate surface area is 121 Å². The molecule has 7 heteroatoms. The number of benzene rings is 1. The maximum atomic E-state index is 12.0. The molecular weight excluding hydrogens is 274 g/mol. The van der Waals surface area contributed by atoms with Crippen molar-refractivity contribution in [2.45, 2.75) is 19.1 Å². The van der Waals surface area contributed by atoms with Crippen LogP contribution in [-0.2, 0) is 11.4 Å². The van der Waals surface area contributed by atoms with E-state index in [4.69, 9.17) is 5.11 Å². The summed E-state index contributed by atoms with van der Waals surface area (Å²) >= 11 is 0. The van der Waals surface area contributed by atoms with E-state index < -0.39 is 6.09 Å².